The van der Waals surface area contributed by atoms with Crippen molar-refractivity contribution in [1.82, 2.24) is 19.8 Å². The summed E-state index contributed by atoms with van der Waals surface area (Å²) in [7, 11) is 2.11. The third-order valence-electron chi connectivity index (χ3n) is 2.54. The van der Waals surface area contributed by atoms with Crippen LogP contribution in [0.2, 0.25) is 0 Å². The maximum atomic E-state index is 7.92. The normalized spacial score (nSPS) is 18.5. The number of nitrogens with one attached hydrogen (secondary N) is 2. The minimum absolute atomic E-state index is 0.503. The number of hydrogen-bond donors (Lipinski definition) is 2. The van der Waals surface area contributed by atoms with Gasteiger partial charge in [0.05, 0.1) is 0 Å². The lowest BCUT2D eigenvalue weighted by Gasteiger charge is -2.33. The molecule has 5 nitrogen and oxygen atoms in total. The Bertz CT molecular complexity index is 297. The van der Waals surface area contributed by atoms with Gasteiger partial charge in [0.15, 0.2) is 11.7 Å². The van der Waals surface area contributed by atoms with Crippen LogP contribution in [0.4, 0.5) is 0 Å². The number of piperazine rings is 1. The van der Waals surface area contributed by atoms with Crippen LogP contribution in [0.15, 0.2) is 12.4 Å². The van der Waals surface area contributed by atoms with Gasteiger partial charge in [-0.15, -0.1) is 0 Å². The molecule has 1 aromatic heterocycles. The van der Waals surface area contributed by atoms with Crippen LogP contribution >= 0.6 is 0 Å². The molecule has 0 radical (unpaired) electrons. The maximum Gasteiger partial charge on any atom is 0.172 e. The van der Waals surface area contributed by atoms with Gasteiger partial charge in [-0.05, 0) is 7.05 Å². The van der Waals surface area contributed by atoms with Gasteiger partial charge in [0.1, 0.15) is 0 Å². The van der Waals surface area contributed by atoms with Crippen LogP contribution in [-0.2, 0) is 0 Å². The predicted octanol–water partition coefficient (Wildman–Crippen LogP) is -0.0175. The molecule has 1 saturated heterocycles. The molecule has 0 spiro atoms. The fourth-order valence-corrected chi connectivity index (χ4v) is 1.57. The summed E-state index contributed by atoms with van der Waals surface area (Å²) in [5.74, 6) is 1.16. The molecule has 0 aliphatic carbocycles. The summed E-state index contributed by atoms with van der Waals surface area (Å²) < 4.78 is 0. The van der Waals surface area contributed by atoms with Crippen LogP contribution in [-0.4, -0.2) is 58.8 Å². The van der Waals surface area contributed by atoms with Crippen LogP contribution in [0.3, 0.4) is 0 Å². The van der Waals surface area contributed by atoms with Crippen LogP contribution in [0, 0.1) is 5.41 Å². The molecule has 76 valence electrons. The molecule has 2 rings (SSSR count). The van der Waals surface area contributed by atoms with Gasteiger partial charge in [-0.3, -0.25) is 5.41 Å². The van der Waals surface area contributed by atoms with Crippen molar-refractivity contribution in [3.63, 3.8) is 0 Å². The second-order valence-corrected chi connectivity index (χ2v) is 3.58. The fraction of sp³-hybridized carbons (Fsp3) is 0.556. The summed E-state index contributed by atoms with van der Waals surface area (Å²) >= 11 is 0. The number of aromatic amines is 1. The van der Waals surface area contributed by atoms with Crippen molar-refractivity contribution < 1.29 is 0 Å². The van der Waals surface area contributed by atoms with E-state index in [1.807, 2.05) is 0 Å². The molecule has 1 fully saturated rings. The number of H-pyrrole nitrogens is 1. The molecule has 2 heterocycles. The molecule has 0 bridgehead atoms. The zero-order valence-corrected chi connectivity index (χ0v) is 8.32. The molecule has 1 aliphatic heterocycles. The summed E-state index contributed by atoms with van der Waals surface area (Å²) in [6.45, 7) is 3.86. The Hall–Kier alpha value is -1.36. The molecule has 0 saturated carbocycles. The summed E-state index contributed by atoms with van der Waals surface area (Å²) in [4.78, 5) is 11.4. The van der Waals surface area contributed by atoms with Gasteiger partial charge < -0.3 is 14.8 Å². The van der Waals surface area contributed by atoms with E-state index >= 15 is 0 Å². The van der Waals surface area contributed by atoms with Crippen molar-refractivity contribution in [3.8, 4) is 0 Å². The lowest BCUT2D eigenvalue weighted by Crippen LogP contribution is -2.47. The van der Waals surface area contributed by atoms with Gasteiger partial charge in [0.25, 0.3) is 0 Å². The van der Waals surface area contributed by atoms with E-state index in [-0.39, 0.29) is 0 Å². The Morgan fingerprint density at radius 1 is 1.43 bits per heavy atom. The van der Waals surface area contributed by atoms with E-state index in [0.717, 1.165) is 26.2 Å². The lowest BCUT2D eigenvalue weighted by atomic mass is 10.3. The quantitative estimate of drug-likeness (QED) is 0.487. The van der Waals surface area contributed by atoms with E-state index in [2.05, 4.69) is 26.8 Å². The third kappa shape index (κ3) is 1.77. The summed E-state index contributed by atoms with van der Waals surface area (Å²) in [5, 5.41) is 7.92. The van der Waals surface area contributed by atoms with E-state index in [1.54, 1.807) is 12.4 Å². The van der Waals surface area contributed by atoms with E-state index in [4.69, 9.17) is 5.41 Å². The standard InChI is InChI=1S/C9H15N5/c1-13-4-6-14(7-5-13)8(10)9-11-2-3-12-9/h2-3,10H,4-7H2,1H3,(H,11,12). The largest absolute Gasteiger partial charge is 0.351 e. The molecule has 1 aliphatic rings. The highest BCUT2D eigenvalue weighted by Gasteiger charge is 2.18. The van der Waals surface area contributed by atoms with Crippen LogP contribution in [0.5, 0.6) is 0 Å². The second-order valence-electron chi connectivity index (χ2n) is 3.58. The number of likely N-dealkylation sites (N-methyl/N-ethyl adjacent to an activating group) is 1. The van der Waals surface area contributed by atoms with Gasteiger partial charge in [-0.2, -0.15) is 0 Å². The van der Waals surface area contributed by atoms with E-state index in [0.29, 0.717) is 11.7 Å². The third-order valence-corrected chi connectivity index (χ3v) is 2.54. The van der Waals surface area contributed by atoms with Crippen LogP contribution in [0.1, 0.15) is 5.82 Å². The molecule has 0 amide bonds. The molecular formula is C9H15N5. The highest BCUT2D eigenvalue weighted by atomic mass is 15.3. The SMILES string of the molecule is CN1CCN(C(=N)c2ncc[nH]2)CC1. The minimum Gasteiger partial charge on any atom is -0.351 e. The zero-order chi connectivity index (χ0) is 9.97. The molecule has 0 aromatic carbocycles. The number of aromatic nitrogens is 2. The number of hydrogen-bond acceptors (Lipinski definition) is 3. The Balaban J connectivity index is 1.99. The first-order chi connectivity index (χ1) is 6.77. The zero-order valence-electron chi connectivity index (χ0n) is 8.32. The fourth-order valence-electron chi connectivity index (χ4n) is 1.57. The second kappa shape index (κ2) is 3.79. The first kappa shape index (κ1) is 9.21. The van der Waals surface area contributed by atoms with E-state index in [1.165, 1.54) is 0 Å². The van der Waals surface area contributed by atoms with Crippen molar-refractivity contribution >= 4 is 5.84 Å². The minimum atomic E-state index is 0.503. The van der Waals surface area contributed by atoms with Crippen LogP contribution in [0.25, 0.3) is 0 Å². The average Bonchev–Trinajstić information content (AvgIpc) is 2.71. The highest BCUT2D eigenvalue weighted by molar-refractivity contribution is 5.92. The molecule has 0 unspecified atom stereocenters. The molecule has 0 atom stereocenters. The topological polar surface area (TPSA) is 59.0 Å². The number of rotatable bonds is 1. The first-order valence-corrected chi connectivity index (χ1v) is 4.79. The predicted molar refractivity (Wildman–Crippen MR) is 54.5 cm³/mol. The first-order valence-electron chi connectivity index (χ1n) is 4.79. The highest BCUT2D eigenvalue weighted by Crippen LogP contribution is 2.03. The average molecular weight is 193 g/mol. The Labute approximate surface area is 83.2 Å². The van der Waals surface area contributed by atoms with E-state index in [9.17, 15) is 0 Å². The Morgan fingerprint density at radius 3 is 2.71 bits per heavy atom. The molecule has 1 aromatic rings. The van der Waals surface area contributed by atoms with Crippen molar-refractivity contribution in [2.45, 2.75) is 0 Å². The van der Waals surface area contributed by atoms with E-state index < -0.39 is 0 Å². The Morgan fingerprint density at radius 2 is 2.14 bits per heavy atom. The monoisotopic (exact) mass is 193 g/mol. The smallest absolute Gasteiger partial charge is 0.172 e. The van der Waals surface area contributed by atoms with Crippen molar-refractivity contribution in [1.29, 1.82) is 5.41 Å². The lowest BCUT2D eigenvalue weighted by molar-refractivity contribution is 0.214. The molecular weight excluding hydrogens is 178 g/mol. The van der Waals surface area contributed by atoms with Gasteiger partial charge in [0.2, 0.25) is 0 Å². The van der Waals surface area contributed by atoms with Gasteiger partial charge >= 0.3 is 0 Å². The molecule has 14 heavy (non-hydrogen) atoms. The summed E-state index contributed by atoms with van der Waals surface area (Å²) in [6.07, 6.45) is 3.43. The van der Waals surface area contributed by atoms with Gasteiger partial charge in [-0.1, -0.05) is 0 Å². The van der Waals surface area contributed by atoms with Gasteiger partial charge in [0, 0.05) is 38.6 Å². The number of imidazole rings is 1. The molecule has 2 N–H and O–H groups in total. The number of nitrogens with zero attached hydrogens (tertiary/aromatic N) is 3. The summed E-state index contributed by atoms with van der Waals surface area (Å²) in [5.41, 5.74) is 0. The number of amidine groups is 1. The van der Waals surface area contributed by atoms with Crippen molar-refractivity contribution in [2.24, 2.45) is 0 Å². The van der Waals surface area contributed by atoms with Crippen molar-refractivity contribution in [2.75, 3.05) is 33.2 Å². The van der Waals surface area contributed by atoms with Gasteiger partial charge in [-0.25, -0.2) is 4.98 Å². The Kier molecular flexibility index (Phi) is 2.49. The van der Waals surface area contributed by atoms with Crippen molar-refractivity contribution in [3.05, 3.63) is 18.2 Å². The maximum absolute atomic E-state index is 7.92. The summed E-state index contributed by atoms with van der Waals surface area (Å²) in [6, 6.07) is 0. The molecule has 5 heteroatoms. The van der Waals surface area contributed by atoms with Crippen LogP contribution < -0.4 is 0 Å².